The molecule has 0 radical (unpaired) electrons. The second kappa shape index (κ2) is 8.55. The molecule has 0 saturated carbocycles. The Labute approximate surface area is 189 Å². The highest BCUT2D eigenvalue weighted by molar-refractivity contribution is 6.02. The highest BCUT2D eigenvalue weighted by Gasteiger charge is 2.35. The summed E-state index contributed by atoms with van der Waals surface area (Å²) in [7, 11) is 1.80. The zero-order chi connectivity index (χ0) is 22.2. The lowest BCUT2D eigenvalue weighted by Crippen LogP contribution is -2.47. The van der Waals surface area contributed by atoms with Gasteiger partial charge in [0.05, 0.1) is 0 Å². The minimum atomic E-state index is -0.00523. The highest BCUT2D eigenvalue weighted by atomic mass is 16.3. The summed E-state index contributed by atoms with van der Waals surface area (Å²) in [5.74, 6) is 1.65. The average Bonchev–Trinajstić information content (AvgIpc) is 3.29. The number of rotatable bonds is 6. The van der Waals surface area contributed by atoms with Crippen LogP contribution in [0.4, 0.5) is 0 Å². The van der Waals surface area contributed by atoms with Crippen LogP contribution in [0.5, 0.6) is 0 Å². The molecule has 1 amide bonds. The third-order valence-corrected chi connectivity index (χ3v) is 7.30. The molecule has 3 saturated heterocycles. The second-order valence-corrected chi connectivity index (χ2v) is 9.26. The van der Waals surface area contributed by atoms with Crippen LogP contribution in [0.25, 0.3) is 22.1 Å². The van der Waals surface area contributed by atoms with Crippen molar-refractivity contribution in [2.75, 3.05) is 33.2 Å². The number of hydrogen-bond acceptors (Lipinski definition) is 4. The molecule has 4 heterocycles. The van der Waals surface area contributed by atoms with E-state index in [9.17, 15) is 9.59 Å². The van der Waals surface area contributed by atoms with E-state index in [1.807, 2.05) is 55.5 Å². The van der Waals surface area contributed by atoms with E-state index >= 15 is 0 Å². The van der Waals surface area contributed by atoms with Gasteiger partial charge in [0.25, 0.3) is 5.91 Å². The van der Waals surface area contributed by atoms with Crippen LogP contribution >= 0.6 is 0 Å². The molecule has 166 valence electrons. The maximum Gasteiger partial charge on any atom is 0.253 e. The predicted molar refractivity (Wildman–Crippen MR) is 126 cm³/mol. The number of carbonyl (C=O) groups excluding carboxylic acids is 2. The van der Waals surface area contributed by atoms with Gasteiger partial charge in [0.1, 0.15) is 5.58 Å². The van der Waals surface area contributed by atoms with Crippen LogP contribution in [0.2, 0.25) is 0 Å². The van der Waals surface area contributed by atoms with Crippen LogP contribution < -0.4 is 0 Å². The number of furan rings is 1. The number of ketones is 1. The summed E-state index contributed by atoms with van der Waals surface area (Å²) in [4.78, 5) is 29.9. The van der Waals surface area contributed by atoms with Crippen LogP contribution in [0.15, 0.2) is 52.9 Å². The molecule has 0 unspecified atom stereocenters. The maximum atomic E-state index is 13.1. The highest BCUT2D eigenvalue weighted by Crippen LogP contribution is 2.36. The van der Waals surface area contributed by atoms with Crippen molar-refractivity contribution in [1.29, 1.82) is 0 Å². The first kappa shape index (κ1) is 21.0. The molecule has 3 fully saturated rings. The number of fused-ring (bicyclic) bond motifs is 4. The van der Waals surface area contributed by atoms with Crippen molar-refractivity contribution in [3.05, 3.63) is 59.9 Å². The van der Waals surface area contributed by atoms with Gasteiger partial charge in [-0.3, -0.25) is 9.59 Å². The van der Waals surface area contributed by atoms with Gasteiger partial charge in [-0.1, -0.05) is 30.3 Å². The van der Waals surface area contributed by atoms with Gasteiger partial charge in [-0.2, -0.15) is 0 Å². The van der Waals surface area contributed by atoms with Crippen molar-refractivity contribution in [2.24, 2.45) is 11.8 Å². The summed E-state index contributed by atoms with van der Waals surface area (Å²) < 4.78 is 6.15. The molecule has 3 aliphatic heterocycles. The van der Waals surface area contributed by atoms with E-state index in [1.54, 1.807) is 11.9 Å². The van der Waals surface area contributed by atoms with Gasteiger partial charge in [-0.15, -0.1) is 0 Å². The van der Waals surface area contributed by atoms with Crippen LogP contribution in [0, 0.1) is 11.8 Å². The maximum absolute atomic E-state index is 13.1. The normalized spacial score (nSPS) is 22.2. The number of amides is 1. The molecule has 2 bridgehead atoms. The summed E-state index contributed by atoms with van der Waals surface area (Å²) in [5, 5.41) is 0.919. The zero-order valence-electron chi connectivity index (χ0n) is 18.8. The van der Waals surface area contributed by atoms with Gasteiger partial charge in [0.15, 0.2) is 11.5 Å². The molecule has 1 aromatic heterocycles. The van der Waals surface area contributed by atoms with E-state index in [0.717, 1.165) is 23.1 Å². The van der Waals surface area contributed by atoms with Gasteiger partial charge in [-0.05, 0) is 68.5 Å². The summed E-state index contributed by atoms with van der Waals surface area (Å²) in [6.45, 7) is 6.01. The summed E-state index contributed by atoms with van der Waals surface area (Å²) >= 11 is 0. The molecule has 5 nitrogen and oxygen atoms in total. The Morgan fingerprint density at radius 3 is 2.59 bits per heavy atom. The van der Waals surface area contributed by atoms with Crippen molar-refractivity contribution in [3.63, 3.8) is 0 Å². The molecule has 5 heteroatoms. The Kier molecular flexibility index (Phi) is 5.60. The summed E-state index contributed by atoms with van der Waals surface area (Å²) in [5.41, 5.74) is 3.17. The van der Waals surface area contributed by atoms with Crippen LogP contribution in [-0.4, -0.2) is 54.7 Å². The van der Waals surface area contributed by atoms with Crippen LogP contribution in [0.1, 0.15) is 47.1 Å². The monoisotopic (exact) mass is 430 g/mol. The van der Waals surface area contributed by atoms with Crippen LogP contribution in [-0.2, 0) is 0 Å². The van der Waals surface area contributed by atoms with Crippen molar-refractivity contribution >= 4 is 22.7 Å². The number of carbonyl (C=O) groups is 2. The number of benzene rings is 2. The van der Waals surface area contributed by atoms with E-state index in [0.29, 0.717) is 41.7 Å². The van der Waals surface area contributed by atoms with E-state index in [1.165, 1.54) is 25.9 Å². The first-order valence-corrected chi connectivity index (χ1v) is 11.7. The fourth-order valence-electron chi connectivity index (χ4n) is 5.27. The number of Topliss-reactive ketones (excluding diaryl/α,β-unsaturated/α-hetero) is 1. The van der Waals surface area contributed by atoms with Gasteiger partial charge in [-0.25, -0.2) is 0 Å². The Hall–Kier alpha value is -2.92. The van der Waals surface area contributed by atoms with Gasteiger partial charge < -0.3 is 14.2 Å². The van der Waals surface area contributed by atoms with Gasteiger partial charge in [0, 0.05) is 43.1 Å². The molecular formula is C27H30N2O3. The van der Waals surface area contributed by atoms with Gasteiger partial charge >= 0.3 is 0 Å². The molecular weight excluding hydrogens is 400 g/mol. The molecule has 6 rings (SSSR count). The first-order chi connectivity index (χ1) is 15.5. The Morgan fingerprint density at radius 2 is 1.88 bits per heavy atom. The molecule has 0 N–H and O–H groups in total. The third-order valence-electron chi connectivity index (χ3n) is 7.30. The Morgan fingerprint density at radius 1 is 1.09 bits per heavy atom. The molecule has 3 aromatic rings. The van der Waals surface area contributed by atoms with E-state index in [-0.39, 0.29) is 11.7 Å². The summed E-state index contributed by atoms with van der Waals surface area (Å²) in [6, 6.07) is 15.4. The predicted octanol–water partition coefficient (Wildman–Crippen LogP) is 5.11. The largest absolute Gasteiger partial charge is 0.452 e. The minimum Gasteiger partial charge on any atom is -0.452 e. The van der Waals surface area contributed by atoms with Crippen molar-refractivity contribution < 1.29 is 14.0 Å². The minimum absolute atomic E-state index is 0.00523. The quantitative estimate of drug-likeness (QED) is 0.510. The third kappa shape index (κ3) is 3.86. The van der Waals surface area contributed by atoms with E-state index < -0.39 is 0 Å². The fraction of sp³-hybridized carbons (Fsp3) is 0.407. The van der Waals surface area contributed by atoms with E-state index in [2.05, 4.69) is 4.90 Å². The lowest BCUT2D eigenvalue weighted by atomic mass is 9.76. The first-order valence-electron chi connectivity index (χ1n) is 11.7. The number of nitrogens with zero attached hydrogens (tertiary/aromatic N) is 2. The lowest BCUT2D eigenvalue weighted by molar-refractivity contribution is 0.0433. The number of hydrogen-bond donors (Lipinski definition) is 0. The van der Waals surface area contributed by atoms with Crippen LogP contribution in [0.3, 0.4) is 0 Å². The Balaban J connectivity index is 1.43. The molecule has 0 spiro atoms. The lowest BCUT2D eigenvalue weighted by Gasteiger charge is -2.44. The van der Waals surface area contributed by atoms with Crippen molar-refractivity contribution in [3.8, 4) is 11.1 Å². The number of para-hydroxylation sites is 1. The second-order valence-electron chi connectivity index (χ2n) is 9.26. The number of piperidine rings is 3. The molecule has 32 heavy (non-hydrogen) atoms. The van der Waals surface area contributed by atoms with Gasteiger partial charge in [0.2, 0.25) is 0 Å². The smallest absolute Gasteiger partial charge is 0.253 e. The molecule has 3 aliphatic rings. The zero-order valence-corrected chi connectivity index (χ0v) is 18.8. The average molecular weight is 431 g/mol. The Bertz CT molecular complexity index is 1160. The van der Waals surface area contributed by atoms with Crippen molar-refractivity contribution in [1.82, 2.24) is 9.80 Å². The topological polar surface area (TPSA) is 53.8 Å². The fourth-order valence-corrected chi connectivity index (χ4v) is 5.27. The molecule has 0 aliphatic carbocycles. The molecule has 1 atom stereocenters. The van der Waals surface area contributed by atoms with Crippen molar-refractivity contribution in [2.45, 2.75) is 26.2 Å². The SMILES string of the molecule is CCN(C)C(=O)c1cccc(-c2cccc3cc(C(=O)C[C@H]4CN5CCC4CC5)oc23)c1. The summed E-state index contributed by atoms with van der Waals surface area (Å²) in [6.07, 6.45) is 2.98. The molecule has 2 aromatic carbocycles. The van der Waals surface area contributed by atoms with E-state index in [4.69, 9.17) is 4.42 Å². The standard InChI is InChI=1S/C27H30N2O3/c1-3-28(2)27(31)21-8-4-6-19(14-21)23-9-5-7-20-16-25(32-26(20)23)24(30)15-22-17-29-12-10-18(22)11-13-29/h4-9,14,16,18,22H,3,10-13,15,17H2,1-2H3/t22-/m0/s1.